The molecule has 0 spiro atoms. The van der Waals surface area contributed by atoms with Crippen LogP contribution < -0.4 is 5.73 Å². The minimum absolute atomic E-state index is 0. The quantitative estimate of drug-likeness (QED) is 0.736. The van der Waals surface area contributed by atoms with Crippen LogP contribution in [0.15, 0.2) is 0 Å². The van der Waals surface area contributed by atoms with Gasteiger partial charge < -0.3 is 15.4 Å². The van der Waals surface area contributed by atoms with Crippen molar-refractivity contribution >= 4 is 18.3 Å². The minimum atomic E-state index is -0.396. The summed E-state index contributed by atoms with van der Waals surface area (Å²) in [6, 6.07) is -0.0832. The molecule has 1 saturated heterocycles. The number of amides is 1. The van der Waals surface area contributed by atoms with Gasteiger partial charge in [0, 0.05) is 26.3 Å². The molecule has 1 heterocycles. The van der Waals surface area contributed by atoms with Gasteiger partial charge in [-0.2, -0.15) is 0 Å². The van der Waals surface area contributed by atoms with Crippen LogP contribution in [0.1, 0.15) is 19.8 Å². The molecule has 0 radical (unpaired) electrons. The van der Waals surface area contributed by atoms with Gasteiger partial charge in [-0.3, -0.25) is 4.79 Å². The number of carbonyl (C=O) groups excluding carboxylic acids is 1. The minimum Gasteiger partial charge on any atom is -0.381 e. The highest BCUT2D eigenvalue weighted by Crippen LogP contribution is 2.13. The maximum absolute atomic E-state index is 11.5. The number of halogens is 1. The van der Waals surface area contributed by atoms with E-state index in [-0.39, 0.29) is 18.3 Å². The van der Waals surface area contributed by atoms with Gasteiger partial charge in [0.25, 0.3) is 0 Å². The van der Waals surface area contributed by atoms with Gasteiger partial charge in [0.1, 0.15) is 0 Å². The molecule has 0 aromatic heterocycles. The van der Waals surface area contributed by atoms with Crippen molar-refractivity contribution in [1.82, 2.24) is 4.90 Å². The second kappa shape index (κ2) is 6.22. The number of likely N-dealkylation sites (N-methyl/N-ethyl adjacent to an activating group) is 1. The van der Waals surface area contributed by atoms with Crippen molar-refractivity contribution in [2.75, 3.05) is 20.3 Å². The fourth-order valence-corrected chi connectivity index (χ4v) is 1.57. The van der Waals surface area contributed by atoms with Crippen LogP contribution in [-0.2, 0) is 9.53 Å². The largest absolute Gasteiger partial charge is 0.381 e. The first kappa shape index (κ1) is 13.7. The standard InChI is InChI=1S/C9H18N2O2.ClH/c1-7(10)9(12)11(2)8-3-5-13-6-4-8;/h7-8H,3-6,10H2,1-2H3;1H. The molecule has 1 amide bonds. The molecular weight excluding hydrogens is 204 g/mol. The molecule has 4 nitrogen and oxygen atoms in total. The lowest BCUT2D eigenvalue weighted by Gasteiger charge is -2.32. The maximum Gasteiger partial charge on any atom is 0.239 e. The van der Waals surface area contributed by atoms with Gasteiger partial charge in [0.15, 0.2) is 0 Å². The summed E-state index contributed by atoms with van der Waals surface area (Å²) in [7, 11) is 1.82. The highest BCUT2D eigenvalue weighted by Gasteiger charge is 2.23. The van der Waals surface area contributed by atoms with Crippen molar-refractivity contribution in [2.24, 2.45) is 5.73 Å². The Morgan fingerprint density at radius 3 is 2.43 bits per heavy atom. The molecule has 0 bridgehead atoms. The first-order valence-electron chi connectivity index (χ1n) is 4.73. The third-order valence-electron chi connectivity index (χ3n) is 2.48. The molecule has 84 valence electrons. The average molecular weight is 223 g/mol. The Balaban J connectivity index is 0.00000169. The number of hydrogen-bond donors (Lipinski definition) is 1. The Morgan fingerprint density at radius 2 is 2.00 bits per heavy atom. The molecule has 0 aliphatic carbocycles. The van der Waals surface area contributed by atoms with Gasteiger partial charge in [-0.15, -0.1) is 12.4 Å². The molecule has 1 rings (SSSR count). The van der Waals surface area contributed by atoms with Crippen molar-refractivity contribution < 1.29 is 9.53 Å². The predicted octanol–water partition coefficient (Wildman–Crippen LogP) is 0.393. The zero-order chi connectivity index (χ0) is 9.84. The summed E-state index contributed by atoms with van der Waals surface area (Å²) in [6.07, 6.45) is 1.85. The number of nitrogens with two attached hydrogens (primary N) is 1. The van der Waals surface area contributed by atoms with Crippen molar-refractivity contribution in [1.29, 1.82) is 0 Å². The Hall–Kier alpha value is -0.320. The molecule has 0 saturated carbocycles. The first-order chi connectivity index (χ1) is 6.13. The second-order valence-electron chi connectivity index (χ2n) is 3.58. The maximum atomic E-state index is 11.5. The zero-order valence-corrected chi connectivity index (χ0v) is 9.55. The van der Waals surface area contributed by atoms with E-state index in [1.807, 2.05) is 7.05 Å². The summed E-state index contributed by atoms with van der Waals surface area (Å²) in [5.41, 5.74) is 5.52. The first-order valence-corrected chi connectivity index (χ1v) is 4.73. The zero-order valence-electron chi connectivity index (χ0n) is 8.73. The fraction of sp³-hybridized carbons (Fsp3) is 0.889. The van der Waals surface area contributed by atoms with E-state index in [9.17, 15) is 4.79 Å². The lowest BCUT2D eigenvalue weighted by molar-refractivity contribution is -0.134. The lowest BCUT2D eigenvalue weighted by Crippen LogP contribution is -2.47. The molecular formula is C9H19ClN2O2. The van der Waals surface area contributed by atoms with E-state index in [0.717, 1.165) is 26.1 Å². The van der Waals surface area contributed by atoms with Gasteiger partial charge in [-0.25, -0.2) is 0 Å². The molecule has 2 N–H and O–H groups in total. The summed E-state index contributed by atoms with van der Waals surface area (Å²) in [5.74, 6) is 0.0203. The van der Waals surface area contributed by atoms with E-state index >= 15 is 0 Å². The van der Waals surface area contributed by atoms with Crippen LogP contribution in [-0.4, -0.2) is 43.2 Å². The van der Waals surface area contributed by atoms with Gasteiger partial charge in [0.2, 0.25) is 5.91 Å². The van der Waals surface area contributed by atoms with Crippen LogP contribution in [0.4, 0.5) is 0 Å². The highest BCUT2D eigenvalue weighted by atomic mass is 35.5. The average Bonchev–Trinajstić information content (AvgIpc) is 2.17. The van der Waals surface area contributed by atoms with E-state index in [2.05, 4.69) is 0 Å². The molecule has 0 aromatic carbocycles. The van der Waals surface area contributed by atoms with Gasteiger partial charge >= 0.3 is 0 Å². The Morgan fingerprint density at radius 1 is 1.50 bits per heavy atom. The summed E-state index contributed by atoms with van der Waals surface area (Å²) in [5, 5.41) is 0. The van der Waals surface area contributed by atoms with Crippen LogP contribution >= 0.6 is 12.4 Å². The number of nitrogens with zero attached hydrogens (tertiary/aromatic N) is 1. The molecule has 1 atom stereocenters. The van der Waals surface area contributed by atoms with Crippen LogP contribution in [0, 0.1) is 0 Å². The number of hydrogen-bond acceptors (Lipinski definition) is 3. The van der Waals surface area contributed by atoms with Crippen LogP contribution in [0.3, 0.4) is 0 Å². The number of ether oxygens (including phenoxy) is 1. The van der Waals surface area contributed by atoms with E-state index in [1.54, 1.807) is 11.8 Å². The molecule has 1 aliphatic rings. The van der Waals surface area contributed by atoms with Gasteiger partial charge in [-0.1, -0.05) is 0 Å². The second-order valence-corrected chi connectivity index (χ2v) is 3.58. The number of rotatable bonds is 2. The molecule has 1 fully saturated rings. The van der Waals surface area contributed by atoms with E-state index < -0.39 is 6.04 Å². The molecule has 14 heavy (non-hydrogen) atoms. The Bertz CT molecular complexity index is 182. The van der Waals surface area contributed by atoms with Gasteiger partial charge in [-0.05, 0) is 19.8 Å². The third kappa shape index (κ3) is 3.44. The van der Waals surface area contributed by atoms with Crippen molar-refractivity contribution in [3.05, 3.63) is 0 Å². The van der Waals surface area contributed by atoms with Crippen LogP contribution in [0.2, 0.25) is 0 Å². The highest BCUT2D eigenvalue weighted by molar-refractivity contribution is 5.85. The van der Waals surface area contributed by atoms with Gasteiger partial charge in [0.05, 0.1) is 6.04 Å². The fourth-order valence-electron chi connectivity index (χ4n) is 1.57. The third-order valence-corrected chi connectivity index (χ3v) is 2.48. The van der Waals surface area contributed by atoms with E-state index in [4.69, 9.17) is 10.5 Å². The Kier molecular flexibility index (Phi) is 6.08. The van der Waals surface area contributed by atoms with E-state index in [1.165, 1.54) is 0 Å². The summed E-state index contributed by atoms with van der Waals surface area (Å²) in [6.45, 7) is 3.22. The summed E-state index contributed by atoms with van der Waals surface area (Å²) >= 11 is 0. The molecule has 1 unspecified atom stereocenters. The van der Waals surface area contributed by atoms with E-state index in [0.29, 0.717) is 6.04 Å². The smallest absolute Gasteiger partial charge is 0.239 e. The lowest BCUT2D eigenvalue weighted by atomic mass is 10.1. The SMILES string of the molecule is CC(N)C(=O)N(C)C1CCOCC1.Cl. The number of carbonyl (C=O) groups is 1. The van der Waals surface area contributed by atoms with Crippen LogP contribution in [0.5, 0.6) is 0 Å². The Labute approximate surface area is 91.2 Å². The predicted molar refractivity (Wildman–Crippen MR) is 57.5 cm³/mol. The van der Waals surface area contributed by atoms with Crippen molar-refractivity contribution in [2.45, 2.75) is 31.8 Å². The normalized spacial score (nSPS) is 19.6. The van der Waals surface area contributed by atoms with Crippen molar-refractivity contribution in [3.8, 4) is 0 Å². The van der Waals surface area contributed by atoms with Crippen molar-refractivity contribution in [3.63, 3.8) is 0 Å². The molecule has 1 aliphatic heterocycles. The monoisotopic (exact) mass is 222 g/mol. The molecule has 5 heteroatoms. The molecule has 0 aromatic rings. The summed E-state index contributed by atoms with van der Waals surface area (Å²) in [4.78, 5) is 13.3. The van der Waals surface area contributed by atoms with Crippen LogP contribution in [0.25, 0.3) is 0 Å². The summed E-state index contributed by atoms with van der Waals surface area (Å²) < 4.78 is 5.22. The topological polar surface area (TPSA) is 55.6 Å².